The number of hydrogen-bond donors (Lipinski definition) is 3. The molecule has 0 spiro atoms. The second-order valence-corrected chi connectivity index (χ2v) is 1.49. The van der Waals surface area contributed by atoms with Crippen molar-refractivity contribution in [2.24, 2.45) is 5.73 Å². The van der Waals surface area contributed by atoms with E-state index in [1.165, 1.54) is 0 Å². The lowest BCUT2D eigenvalue weighted by Crippen LogP contribution is -2.31. The van der Waals surface area contributed by atoms with Crippen molar-refractivity contribution in [3.05, 3.63) is 0 Å². The monoisotopic (exact) mass is 151 g/mol. The second-order valence-electron chi connectivity index (χ2n) is 1.13. The summed E-state index contributed by atoms with van der Waals surface area (Å²) in [5, 5.41) is 8.01. The average molecular weight is 151 g/mol. The Kier molecular flexibility index (Phi) is 9.33. The maximum atomic E-state index is 9.76. The summed E-state index contributed by atoms with van der Waals surface area (Å²) in [6.07, 6.45) is 0. The van der Waals surface area contributed by atoms with E-state index < -0.39 is 12.0 Å². The van der Waals surface area contributed by atoms with Crippen LogP contribution in [0.25, 0.3) is 0 Å². The van der Waals surface area contributed by atoms with E-state index in [1.54, 1.807) is 0 Å². The average Bonchev–Trinajstić information content (AvgIpc) is 1.91. The van der Waals surface area contributed by atoms with Crippen molar-refractivity contribution in [1.82, 2.24) is 0 Å². The zero-order valence-corrected chi connectivity index (χ0v) is 5.67. The number of carbonyl (C=O) groups is 2. The molecule has 3 N–H and O–H groups in total. The van der Waals surface area contributed by atoms with Gasteiger partial charge in [-0.05, 0) is 0 Å². The maximum Gasteiger partial charge on any atom is 0.321 e. The van der Waals surface area contributed by atoms with Gasteiger partial charge in [0, 0.05) is 5.75 Å². The van der Waals surface area contributed by atoms with E-state index in [0.29, 0.717) is 0 Å². The van der Waals surface area contributed by atoms with Crippen molar-refractivity contribution in [2.75, 3.05) is 5.75 Å². The number of nitrogens with two attached hydrogens (primary N) is 1. The Bertz CT molecular complexity index is 87.9. The Hall–Kier alpha value is -0.550. The molecule has 0 heterocycles. The molecule has 0 saturated heterocycles. The molecule has 54 valence electrons. The molecule has 0 aromatic carbocycles. The van der Waals surface area contributed by atoms with E-state index in [0.717, 1.165) is 0 Å². The number of carboxylic acid groups (broad SMARTS) is 1. The molecule has 0 bridgehead atoms. The minimum Gasteiger partial charge on any atom is -0.480 e. The van der Waals surface area contributed by atoms with Crippen molar-refractivity contribution in [3.63, 3.8) is 0 Å². The summed E-state index contributed by atoms with van der Waals surface area (Å²) >= 11 is 3.65. The Labute approximate surface area is 58.5 Å². The highest BCUT2D eigenvalue weighted by molar-refractivity contribution is 7.80. The van der Waals surface area contributed by atoms with Gasteiger partial charge < -0.3 is 15.6 Å². The third kappa shape index (κ3) is 7.45. The third-order valence-electron chi connectivity index (χ3n) is 0.514. The molecular weight excluding hydrogens is 142 g/mol. The molecule has 0 aliphatic carbocycles. The van der Waals surface area contributed by atoms with Crippen LogP contribution >= 0.6 is 12.6 Å². The number of hydrogen-bond acceptors (Lipinski definition) is 4. The fourth-order valence-corrected chi connectivity index (χ4v) is 0.234. The van der Waals surface area contributed by atoms with Crippen LogP contribution in [0.3, 0.4) is 0 Å². The van der Waals surface area contributed by atoms with Gasteiger partial charge in [-0.3, -0.25) is 4.79 Å². The van der Waals surface area contributed by atoms with Gasteiger partial charge in [-0.25, -0.2) is 0 Å². The zero-order chi connectivity index (χ0) is 7.86. The van der Waals surface area contributed by atoms with Crippen LogP contribution in [0.4, 0.5) is 0 Å². The van der Waals surface area contributed by atoms with E-state index in [9.17, 15) is 4.79 Å². The predicted octanol–water partition coefficient (Wildman–Crippen LogP) is -0.857. The minimum absolute atomic E-state index is 0.190. The highest BCUT2D eigenvalue weighted by Gasteiger charge is 2.06. The van der Waals surface area contributed by atoms with Crippen LogP contribution in [0.15, 0.2) is 0 Å². The van der Waals surface area contributed by atoms with Crippen LogP contribution in [0.2, 0.25) is 0 Å². The van der Waals surface area contributed by atoms with Crippen molar-refractivity contribution in [2.45, 2.75) is 6.04 Å². The molecule has 0 unspecified atom stereocenters. The molecular formula is C4H9NO3S. The molecule has 0 radical (unpaired) electrons. The van der Waals surface area contributed by atoms with Crippen molar-refractivity contribution >= 4 is 25.4 Å². The molecule has 0 amide bonds. The maximum absolute atomic E-state index is 9.76. The van der Waals surface area contributed by atoms with E-state index in [-0.39, 0.29) is 5.75 Å². The molecule has 1 atom stereocenters. The van der Waals surface area contributed by atoms with Crippen molar-refractivity contribution < 1.29 is 14.7 Å². The first-order valence-corrected chi connectivity index (χ1v) is 2.70. The summed E-state index contributed by atoms with van der Waals surface area (Å²) in [4.78, 5) is 17.8. The standard InChI is InChI=1S/C3H7NO2S.CH2O/c4-2(1-7)3(5)6;1-2/h2,7H,1,4H2,(H,5,6);1H2/t2-;/m0./s1. The van der Waals surface area contributed by atoms with Crippen LogP contribution in [0, 0.1) is 0 Å². The molecule has 5 heteroatoms. The van der Waals surface area contributed by atoms with Gasteiger partial charge in [0.2, 0.25) is 0 Å². The largest absolute Gasteiger partial charge is 0.480 e. The molecule has 0 aromatic rings. The Morgan fingerprint density at radius 1 is 1.78 bits per heavy atom. The third-order valence-corrected chi connectivity index (χ3v) is 0.907. The summed E-state index contributed by atoms with van der Waals surface area (Å²) in [6.45, 7) is 2.00. The first kappa shape index (κ1) is 11.3. The molecule has 0 fully saturated rings. The smallest absolute Gasteiger partial charge is 0.321 e. The van der Waals surface area contributed by atoms with Gasteiger partial charge in [-0.15, -0.1) is 0 Å². The first-order valence-electron chi connectivity index (χ1n) is 2.06. The lowest BCUT2D eigenvalue weighted by molar-refractivity contribution is -0.137. The molecule has 0 aliphatic rings. The zero-order valence-electron chi connectivity index (χ0n) is 4.78. The SMILES string of the molecule is C=O.N[C@@H](CS)C(=O)O. The Morgan fingerprint density at radius 3 is 2.11 bits per heavy atom. The van der Waals surface area contributed by atoms with Crippen LogP contribution in [-0.2, 0) is 9.59 Å². The molecule has 0 aliphatic heterocycles. The summed E-state index contributed by atoms with van der Waals surface area (Å²) in [5.74, 6) is -0.815. The van der Waals surface area contributed by atoms with E-state index in [2.05, 4.69) is 12.6 Å². The van der Waals surface area contributed by atoms with Crippen molar-refractivity contribution in [3.8, 4) is 0 Å². The Morgan fingerprint density at radius 2 is 2.11 bits per heavy atom. The first-order chi connectivity index (χ1) is 4.18. The van der Waals surface area contributed by atoms with Gasteiger partial charge in [0.05, 0.1) is 0 Å². The summed E-state index contributed by atoms with van der Waals surface area (Å²) < 4.78 is 0. The van der Waals surface area contributed by atoms with E-state index in [1.807, 2.05) is 6.79 Å². The highest BCUT2D eigenvalue weighted by Crippen LogP contribution is 1.80. The van der Waals surface area contributed by atoms with Crippen LogP contribution < -0.4 is 5.73 Å². The topological polar surface area (TPSA) is 80.4 Å². The van der Waals surface area contributed by atoms with E-state index in [4.69, 9.17) is 15.6 Å². The van der Waals surface area contributed by atoms with Crippen LogP contribution in [-0.4, -0.2) is 29.7 Å². The molecule has 0 saturated carbocycles. The van der Waals surface area contributed by atoms with Gasteiger partial charge >= 0.3 is 5.97 Å². The predicted molar refractivity (Wildman–Crippen MR) is 36.6 cm³/mol. The molecule has 4 nitrogen and oxygen atoms in total. The number of carboxylic acids is 1. The second kappa shape index (κ2) is 7.45. The number of thiol groups is 1. The van der Waals surface area contributed by atoms with Crippen molar-refractivity contribution in [1.29, 1.82) is 0 Å². The minimum atomic E-state index is -1.00. The van der Waals surface area contributed by atoms with Gasteiger partial charge in [0.1, 0.15) is 12.8 Å². The lowest BCUT2D eigenvalue weighted by atomic mass is 10.4. The molecule has 0 aromatic heterocycles. The quantitative estimate of drug-likeness (QED) is 0.449. The molecule has 9 heavy (non-hydrogen) atoms. The van der Waals surface area contributed by atoms with Gasteiger partial charge in [-0.1, -0.05) is 0 Å². The summed E-state index contributed by atoms with van der Waals surface area (Å²) in [6, 6.07) is -0.816. The Balaban J connectivity index is 0. The fraction of sp³-hybridized carbons (Fsp3) is 0.500. The van der Waals surface area contributed by atoms with Gasteiger partial charge in [-0.2, -0.15) is 12.6 Å². The fourth-order valence-electron chi connectivity index (χ4n) is 0.0781. The normalized spacial score (nSPS) is 10.9. The number of rotatable bonds is 2. The lowest BCUT2D eigenvalue weighted by Gasteiger charge is -1.96. The molecule has 0 rings (SSSR count). The number of carbonyl (C=O) groups excluding carboxylic acids is 1. The summed E-state index contributed by atoms with van der Waals surface area (Å²) in [7, 11) is 0. The van der Waals surface area contributed by atoms with Gasteiger partial charge in [0.15, 0.2) is 0 Å². The van der Waals surface area contributed by atoms with Gasteiger partial charge in [0.25, 0.3) is 0 Å². The van der Waals surface area contributed by atoms with E-state index >= 15 is 0 Å². The highest BCUT2D eigenvalue weighted by atomic mass is 32.1. The summed E-state index contributed by atoms with van der Waals surface area (Å²) in [5.41, 5.74) is 4.94. The number of aliphatic carboxylic acids is 1. The van der Waals surface area contributed by atoms with Crippen LogP contribution in [0.5, 0.6) is 0 Å². The van der Waals surface area contributed by atoms with Crippen LogP contribution in [0.1, 0.15) is 0 Å².